The van der Waals surface area contributed by atoms with Gasteiger partial charge in [0.1, 0.15) is 23.9 Å². The van der Waals surface area contributed by atoms with Crippen LogP contribution in [0.5, 0.6) is 11.5 Å². The maximum Gasteiger partial charge on any atom is 0.270 e. The van der Waals surface area contributed by atoms with Crippen molar-refractivity contribution in [3.05, 3.63) is 124 Å². The Morgan fingerprint density at radius 3 is 2.38 bits per heavy atom. The Balaban J connectivity index is 1.25. The van der Waals surface area contributed by atoms with Gasteiger partial charge in [-0.1, -0.05) is 54.3 Å². The molecular formula is C31H23FN2O4S2. The van der Waals surface area contributed by atoms with Gasteiger partial charge in [-0.2, -0.15) is 0 Å². The number of benzene rings is 4. The Hall–Kier alpha value is -4.47. The second-order valence-corrected chi connectivity index (χ2v) is 10.4. The first-order valence-corrected chi connectivity index (χ1v) is 13.4. The average molecular weight is 571 g/mol. The van der Waals surface area contributed by atoms with Gasteiger partial charge in [-0.15, -0.1) is 0 Å². The molecule has 0 unspecified atom stereocenters. The predicted octanol–water partition coefficient (Wildman–Crippen LogP) is 7.07. The summed E-state index contributed by atoms with van der Waals surface area (Å²) in [7, 11) is 1.63. The number of thioether (sulfide) groups is 1. The van der Waals surface area contributed by atoms with Crippen LogP contribution in [0, 0.1) is 5.82 Å². The molecule has 0 aliphatic carbocycles. The lowest BCUT2D eigenvalue weighted by molar-refractivity contribution is -0.113. The number of methoxy groups -OCH3 is 1. The maximum atomic E-state index is 13.3. The first-order valence-electron chi connectivity index (χ1n) is 12.2. The number of amides is 2. The van der Waals surface area contributed by atoms with Gasteiger partial charge in [0.25, 0.3) is 11.8 Å². The van der Waals surface area contributed by atoms with Crippen LogP contribution in [0.3, 0.4) is 0 Å². The van der Waals surface area contributed by atoms with E-state index in [1.54, 1.807) is 37.5 Å². The lowest BCUT2D eigenvalue weighted by atomic mass is 10.1. The molecule has 0 atom stereocenters. The van der Waals surface area contributed by atoms with E-state index >= 15 is 0 Å². The number of hydrogen-bond acceptors (Lipinski definition) is 6. The number of anilines is 2. The summed E-state index contributed by atoms with van der Waals surface area (Å²) in [5.74, 6) is 0.445. The third-order valence-corrected chi connectivity index (χ3v) is 7.31. The van der Waals surface area contributed by atoms with Crippen LogP contribution in [0.1, 0.15) is 21.5 Å². The number of carbonyl (C=O) groups is 2. The molecule has 40 heavy (non-hydrogen) atoms. The molecule has 4 aromatic carbocycles. The molecule has 5 rings (SSSR count). The second-order valence-electron chi connectivity index (χ2n) is 8.73. The average Bonchev–Trinajstić information content (AvgIpc) is 3.26. The molecule has 9 heteroatoms. The molecule has 0 spiro atoms. The number of nitrogens with one attached hydrogen (secondary N) is 1. The van der Waals surface area contributed by atoms with Gasteiger partial charge in [0.15, 0.2) is 4.32 Å². The lowest BCUT2D eigenvalue weighted by Gasteiger charge is -2.15. The Kier molecular flexibility index (Phi) is 8.23. The zero-order valence-corrected chi connectivity index (χ0v) is 22.9. The van der Waals surface area contributed by atoms with Gasteiger partial charge >= 0.3 is 0 Å². The van der Waals surface area contributed by atoms with Crippen molar-refractivity contribution in [2.45, 2.75) is 6.61 Å². The van der Waals surface area contributed by atoms with E-state index < -0.39 is 5.82 Å². The highest BCUT2D eigenvalue weighted by atomic mass is 32.2. The van der Waals surface area contributed by atoms with Crippen LogP contribution < -0.4 is 19.7 Å². The molecule has 1 aliphatic rings. The molecule has 1 fully saturated rings. The molecule has 2 amide bonds. The molecule has 1 heterocycles. The van der Waals surface area contributed by atoms with E-state index in [2.05, 4.69) is 5.32 Å². The zero-order valence-electron chi connectivity index (χ0n) is 21.3. The fourth-order valence-corrected chi connectivity index (χ4v) is 5.21. The Bertz CT molecular complexity index is 1590. The van der Waals surface area contributed by atoms with Crippen molar-refractivity contribution in [2.75, 3.05) is 17.3 Å². The highest BCUT2D eigenvalue weighted by Gasteiger charge is 2.33. The van der Waals surface area contributed by atoms with E-state index in [0.29, 0.717) is 38.5 Å². The van der Waals surface area contributed by atoms with E-state index in [4.69, 9.17) is 21.7 Å². The Labute approximate surface area is 240 Å². The van der Waals surface area contributed by atoms with Crippen molar-refractivity contribution in [1.82, 2.24) is 0 Å². The summed E-state index contributed by atoms with van der Waals surface area (Å²) in [6.45, 7) is 0.420. The molecule has 6 nitrogen and oxygen atoms in total. The van der Waals surface area contributed by atoms with Crippen molar-refractivity contribution in [2.24, 2.45) is 0 Å². The molecule has 1 aliphatic heterocycles. The quantitative estimate of drug-likeness (QED) is 0.181. The summed E-state index contributed by atoms with van der Waals surface area (Å²) >= 11 is 6.70. The summed E-state index contributed by atoms with van der Waals surface area (Å²) < 4.78 is 24.6. The van der Waals surface area contributed by atoms with Crippen LogP contribution >= 0.6 is 24.0 Å². The molecule has 0 bridgehead atoms. The minimum Gasteiger partial charge on any atom is -0.497 e. The second kappa shape index (κ2) is 12.1. The molecule has 0 radical (unpaired) electrons. The largest absolute Gasteiger partial charge is 0.497 e. The molecule has 0 aromatic heterocycles. The Morgan fingerprint density at radius 1 is 0.975 bits per heavy atom. The predicted molar refractivity (Wildman–Crippen MR) is 160 cm³/mol. The fraction of sp³-hybridized carbons (Fsp3) is 0.0645. The number of hydrogen-bond donors (Lipinski definition) is 1. The highest BCUT2D eigenvalue weighted by Crippen LogP contribution is 2.36. The SMILES string of the molecule is COc1ccc(COc2ccc(/C=C3/SC(=S)N(c4cccc(C(=O)Nc5ccc(F)cc5)c4)C3=O)cc2)cc1. The summed E-state index contributed by atoms with van der Waals surface area (Å²) in [6, 6.07) is 27.2. The fourth-order valence-electron chi connectivity index (χ4n) is 3.91. The van der Waals surface area contributed by atoms with Gasteiger partial charge in [-0.25, -0.2) is 4.39 Å². The van der Waals surface area contributed by atoms with Crippen LogP contribution in [0.2, 0.25) is 0 Å². The van der Waals surface area contributed by atoms with Crippen LogP contribution in [0.25, 0.3) is 6.08 Å². The number of thiocarbonyl (C=S) groups is 1. The van der Waals surface area contributed by atoms with Gasteiger partial charge in [-0.3, -0.25) is 14.5 Å². The number of ether oxygens (including phenoxy) is 2. The van der Waals surface area contributed by atoms with Crippen molar-refractivity contribution in [3.8, 4) is 11.5 Å². The lowest BCUT2D eigenvalue weighted by Crippen LogP contribution is -2.27. The summed E-state index contributed by atoms with van der Waals surface area (Å²) in [5, 5.41) is 2.72. The molecule has 1 N–H and O–H groups in total. The summed E-state index contributed by atoms with van der Waals surface area (Å²) in [4.78, 5) is 27.9. The van der Waals surface area contributed by atoms with Crippen LogP contribution in [-0.4, -0.2) is 23.2 Å². The van der Waals surface area contributed by atoms with Crippen molar-refractivity contribution in [3.63, 3.8) is 0 Å². The first kappa shape index (κ1) is 27.1. The van der Waals surface area contributed by atoms with E-state index in [9.17, 15) is 14.0 Å². The third kappa shape index (κ3) is 6.39. The van der Waals surface area contributed by atoms with E-state index in [1.807, 2.05) is 48.5 Å². The molecular weight excluding hydrogens is 547 g/mol. The standard InChI is InChI=1S/C31H23FN2O4S2/c1-37-26-13-7-21(8-14-26)19-38-27-15-5-20(6-16-27)17-28-30(36)34(31(39)40-28)25-4-2-3-22(18-25)29(35)33-24-11-9-23(32)10-12-24/h2-18H,19H2,1H3,(H,33,35)/b28-17+. The van der Waals surface area contributed by atoms with E-state index in [1.165, 1.54) is 40.9 Å². The topological polar surface area (TPSA) is 67.9 Å². The van der Waals surface area contributed by atoms with Gasteiger partial charge < -0.3 is 14.8 Å². The van der Waals surface area contributed by atoms with Crippen molar-refractivity contribution >= 4 is 57.6 Å². The highest BCUT2D eigenvalue weighted by molar-refractivity contribution is 8.27. The van der Waals surface area contributed by atoms with Crippen LogP contribution in [0.15, 0.2) is 102 Å². The van der Waals surface area contributed by atoms with Gasteiger partial charge in [0.2, 0.25) is 0 Å². The molecule has 1 saturated heterocycles. The maximum absolute atomic E-state index is 13.3. The smallest absolute Gasteiger partial charge is 0.270 e. The number of rotatable bonds is 8. The van der Waals surface area contributed by atoms with Crippen LogP contribution in [0.4, 0.5) is 15.8 Å². The zero-order chi connectivity index (χ0) is 28.1. The number of halogens is 1. The van der Waals surface area contributed by atoms with Crippen LogP contribution in [-0.2, 0) is 11.4 Å². The number of carbonyl (C=O) groups excluding carboxylic acids is 2. The van der Waals surface area contributed by atoms with Gasteiger partial charge in [0, 0.05) is 11.3 Å². The number of nitrogens with zero attached hydrogens (tertiary/aromatic N) is 1. The summed E-state index contributed by atoms with van der Waals surface area (Å²) in [6.07, 6.45) is 1.78. The first-order chi connectivity index (χ1) is 19.4. The third-order valence-electron chi connectivity index (χ3n) is 6.00. The van der Waals surface area contributed by atoms with E-state index in [-0.39, 0.29) is 11.8 Å². The van der Waals surface area contributed by atoms with Crippen molar-refractivity contribution in [1.29, 1.82) is 0 Å². The molecule has 4 aromatic rings. The van der Waals surface area contributed by atoms with E-state index in [0.717, 1.165) is 16.9 Å². The monoisotopic (exact) mass is 570 g/mol. The molecule has 0 saturated carbocycles. The molecule has 200 valence electrons. The van der Waals surface area contributed by atoms with Crippen molar-refractivity contribution < 1.29 is 23.5 Å². The van der Waals surface area contributed by atoms with Gasteiger partial charge in [-0.05, 0) is 83.9 Å². The normalized spacial score (nSPS) is 13.9. The minimum absolute atomic E-state index is 0.272. The summed E-state index contributed by atoms with van der Waals surface area (Å²) in [5.41, 5.74) is 3.13. The van der Waals surface area contributed by atoms with Gasteiger partial charge in [0.05, 0.1) is 17.7 Å². The minimum atomic E-state index is -0.392. The Morgan fingerprint density at radius 2 is 1.68 bits per heavy atom.